The van der Waals surface area contributed by atoms with Gasteiger partial charge in [0.2, 0.25) is 11.0 Å². The smallest absolute Gasteiger partial charge is 0.231 e. The van der Waals surface area contributed by atoms with Crippen molar-refractivity contribution in [2.75, 3.05) is 11.9 Å². The Labute approximate surface area is 194 Å². The first-order valence-electron chi connectivity index (χ1n) is 10.9. The molecule has 1 saturated carbocycles. The molecule has 1 amide bonds. The van der Waals surface area contributed by atoms with E-state index >= 15 is 0 Å². The van der Waals surface area contributed by atoms with Crippen LogP contribution in [0.15, 0.2) is 53.4 Å². The predicted octanol–water partition coefficient (Wildman–Crippen LogP) is 6.97. The van der Waals surface area contributed by atoms with Crippen LogP contribution >= 0.6 is 23.4 Å². The van der Waals surface area contributed by atoms with E-state index in [1.54, 1.807) is 24.3 Å². The molecule has 1 aliphatic rings. The van der Waals surface area contributed by atoms with E-state index in [4.69, 9.17) is 16.3 Å². The molecule has 3 rings (SSSR count). The maximum Gasteiger partial charge on any atom is 0.231 e. The van der Waals surface area contributed by atoms with Gasteiger partial charge in [-0.25, -0.2) is 0 Å². The summed E-state index contributed by atoms with van der Waals surface area (Å²) in [6.45, 7) is 4.28. The zero-order valence-electron chi connectivity index (χ0n) is 18.2. The average molecular weight is 460 g/mol. The van der Waals surface area contributed by atoms with Gasteiger partial charge in [0, 0.05) is 15.3 Å². The molecular weight excluding hydrogens is 430 g/mol. The zero-order chi connectivity index (χ0) is 22.3. The van der Waals surface area contributed by atoms with Crippen molar-refractivity contribution in [2.24, 2.45) is 11.3 Å². The molecule has 1 fully saturated rings. The highest BCUT2D eigenvalue weighted by atomic mass is 35.5. The number of anilines is 1. The number of hydrogen-bond donors (Lipinski definition) is 1. The SMILES string of the molecule is CC(C)CC1(C(=O)Nc2ccccc2SC(=O)COc2ccc(Cl)cc2)CCCCC1. The van der Waals surface area contributed by atoms with Gasteiger partial charge in [0.05, 0.1) is 5.69 Å². The third-order valence-electron chi connectivity index (χ3n) is 5.62. The molecule has 0 radical (unpaired) electrons. The van der Waals surface area contributed by atoms with E-state index < -0.39 is 0 Å². The number of benzene rings is 2. The van der Waals surface area contributed by atoms with E-state index in [9.17, 15) is 9.59 Å². The van der Waals surface area contributed by atoms with Crippen LogP contribution in [-0.4, -0.2) is 17.6 Å². The van der Waals surface area contributed by atoms with Crippen molar-refractivity contribution in [1.82, 2.24) is 0 Å². The number of hydrogen-bond acceptors (Lipinski definition) is 4. The Balaban J connectivity index is 1.65. The molecule has 166 valence electrons. The first-order chi connectivity index (χ1) is 14.9. The summed E-state index contributed by atoms with van der Waals surface area (Å²) in [6.07, 6.45) is 6.14. The maximum absolute atomic E-state index is 13.4. The molecule has 0 aliphatic heterocycles. The van der Waals surface area contributed by atoms with Gasteiger partial charge in [-0.1, -0.05) is 56.8 Å². The third-order valence-corrected chi connectivity index (χ3v) is 6.79. The molecule has 1 N–H and O–H groups in total. The second kappa shape index (κ2) is 11.1. The molecule has 0 aromatic heterocycles. The highest BCUT2D eigenvalue weighted by molar-refractivity contribution is 8.13. The summed E-state index contributed by atoms with van der Waals surface area (Å²) in [5.41, 5.74) is 0.373. The summed E-state index contributed by atoms with van der Waals surface area (Å²) in [7, 11) is 0. The van der Waals surface area contributed by atoms with Crippen molar-refractivity contribution < 1.29 is 14.3 Å². The normalized spacial score (nSPS) is 15.5. The second-order valence-electron chi connectivity index (χ2n) is 8.61. The van der Waals surface area contributed by atoms with Crippen LogP contribution in [0.2, 0.25) is 5.02 Å². The highest BCUT2D eigenvalue weighted by Crippen LogP contribution is 2.43. The summed E-state index contributed by atoms with van der Waals surface area (Å²) >= 11 is 6.96. The van der Waals surface area contributed by atoms with Crippen LogP contribution in [0, 0.1) is 11.3 Å². The van der Waals surface area contributed by atoms with Crippen molar-refractivity contribution in [1.29, 1.82) is 0 Å². The molecule has 0 saturated heterocycles. The molecule has 0 spiro atoms. The number of carbonyl (C=O) groups is 2. The molecule has 4 nitrogen and oxygen atoms in total. The Morgan fingerprint density at radius 3 is 2.42 bits per heavy atom. The Morgan fingerprint density at radius 2 is 1.74 bits per heavy atom. The zero-order valence-corrected chi connectivity index (χ0v) is 19.7. The van der Waals surface area contributed by atoms with Gasteiger partial charge in [-0.2, -0.15) is 0 Å². The van der Waals surface area contributed by atoms with Gasteiger partial charge in [0.1, 0.15) is 5.75 Å². The highest BCUT2D eigenvalue weighted by Gasteiger charge is 2.40. The standard InChI is InChI=1S/C25H30ClNO3S/c1-18(2)16-25(14-6-3-7-15-25)24(29)27-21-8-4-5-9-22(21)31-23(28)17-30-20-12-10-19(26)11-13-20/h4-5,8-13,18H,3,6-7,14-17H2,1-2H3,(H,27,29). The molecule has 1 aliphatic carbocycles. The summed E-state index contributed by atoms with van der Waals surface area (Å²) in [4.78, 5) is 26.6. The van der Waals surface area contributed by atoms with Crippen molar-refractivity contribution in [3.63, 3.8) is 0 Å². The quantitative estimate of drug-likeness (QED) is 0.433. The van der Waals surface area contributed by atoms with Gasteiger partial charge in [0.25, 0.3) is 0 Å². The first-order valence-corrected chi connectivity index (χ1v) is 12.1. The number of nitrogens with one attached hydrogen (secondary N) is 1. The van der Waals surface area contributed by atoms with E-state index in [-0.39, 0.29) is 23.0 Å². The van der Waals surface area contributed by atoms with Crippen molar-refractivity contribution in [3.8, 4) is 5.75 Å². The maximum atomic E-state index is 13.4. The summed E-state index contributed by atoms with van der Waals surface area (Å²) in [5, 5.41) is 3.63. The lowest BCUT2D eigenvalue weighted by molar-refractivity contribution is -0.128. The molecule has 0 unspecified atom stereocenters. The number of rotatable bonds is 8. The van der Waals surface area contributed by atoms with Gasteiger partial charge in [-0.05, 0) is 73.3 Å². The van der Waals surface area contributed by atoms with Gasteiger partial charge < -0.3 is 10.1 Å². The van der Waals surface area contributed by atoms with Crippen LogP contribution in [-0.2, 0) is 9.59 Å². The average Bonchev–Trinajstić information content (AvgIpc) is 2.75. The van der Waals surface area contributed by atoms with Gasteiger partial charge in [-0.15, -0.1) is 0 Å². The van der Waals surface area contributed by atoms with E-state index in [2.05, 4.69) is 19.2 Å². The van der Waals surface area contributed by atoms with Crippen LogP contribution in [0.4, 0.5) is 5.69 Å². The van der Waals surface area contributed by atoms with E-state index in [1.807, 2.05) is 24.3 Å². The topological polar surface area (TPSA) is 55.4 Å². The van der Waals surface area contributed by atoms with Gasteiger partial charge in [-0.3, -0.25) is 9.59 Å². The molecule has 2 aromatic carbocycles. The lowest BCUT2D eigenvalue weighted by Gasteiger charge is -2.37. The minimum atomic E-state index is -0.314. The Morgan fingerprint density at radius 1 is 1.06 bits per heavy atom. The number of para-hydroxylation sites is 1. The predicted molar refractivity (Wildman–Crippen MR) is 128 cm³/mol. The van der Waals surface area contributed by atoms with E-state index in [0.717, 1.165) is 48.8 Å². The summed E-state index contributed by atoms with van der Waals surface area (Å²) in [5.74, 6) is 1.13. The molecule has 6 heteroatoms. The monoisotopic (exact) mass is 459 g/mol. The minimum absolute atomic E-state index is 0.0636. The Hall–Kier alpha value is -1.98. The van der Waals surface area contributed by atoms with Crippen molar-refractivity contribution in [3.05, 3.63) is 53.6 Å². The van der Waals surface area contributed by atoms with E-state index in [0.29, 0.717) is 22.4 Å². The number of halogens is 1. The lowest BCUT2D eigenvalue weighted by atomic mass is 9.68. The van der Waals surface area contributed by atoms with Crippen LogP contribution in [0.25, 0.3) is 0 Å². The number of thioether (sulfide) groups is 1. The second-order valence-corrected chi connectivity index (χ2v) is 10.1. The fraction of sp³-hybridized carbons (Fsp3) is 0.440. The van der Waals surface area contributed by atoms with E-state index in [1.165, 1.54) is 6.42 Å². The van der Waals surface area contributed by atoms with Gasteiger partial charge in [0.15, 0.2) is 6.61 Å². The number of ether oxygens (including phenoxy) is 1. The Bertz CT molecular complexity index is 892. The van der Waals surface area contributed by atoms with Crippen LogP contribution in [0.1, 0.15) is 52.4 Å². The molecular formula is C25H30ClNO3S. The molecule has 31 heavy (non-hydrogen) atoms. The van der Waals surface area contributed by atoms with Crippen molar-refractivity contribution >= 4 is 40.1 Å². The minimum Gasteiger partial charge on any atom is -0.485 e. The van der Waals surface area contributed by atoms with Crippen LogP contribution < -0.4 is 10.1 Å². The Kier molecular flexibility index (Phi) is 8.44. The number of carbonyl (C=O) groups excluding carboxylic acids is 2. The molecule has 2 aromatic rings. The van der Waals surface area contributed by atoms with Crippen LogP contribution in [0.5, 0.6) is 5.75 Å². The molecule has 0 bridgehead atoms. The van der Waals surface area contributed by atoms with Crippen LogP contribution in [0.3, 0.4) is 0 Å². The first kappa shape index (κ1) is 23.7. The fourth-order valence-corrected chi connectivity index (χ4v) is 5.14. The van der Waals surface area contributed by atoms with Crippen molar-refractivity contribution in [2.45, 2.75) is 57.3 Å². The number of amides is 1. The fourth-order valence-electron chi connectivity index (χ4n) is 4.27. The summed E-state index contributed by atoms with van der Waals surface area (Å²) in [6, 6.07) is 14.4. The summed E-state index contributed by atoms with van der Waals surface area (Å²) < 4.78 is 5.55. The lowest BCUT2D eigenvalue weighted by Crippen LogP contribution is -2.39. The third kappa shape index (κ3) is 6.75. The largest absolute Gasteiger partial charge is 0.485 e. The molecule has 0 heterocycles. The molecule has 0 atom stereocenters. The van der Waals surface area contributed by atoms with Gasteiger partial charge >= 0.3 is 0 Å².